The zero-order valence-electron chi connectivity index (χ0n) is 19.5. The fraction of sp³-hybridized carbons (Fsp3) is 0.522. The number of hydrogen-bond acceptors (Lipinski definition) is 9. The summed E-state index contributed by atoms with van der Waals surface area (Å²) in [6.07, 6.45) is 3.73. The highest BCUT2D eigenvalue weighted by Gasteiger charge is 2.44. The van der Waals surface area contributed by atoms with Crippen molar-refractivity contribution in [1.29, 1.82) is 0 Å². The van der Waals surface area contributed by atoms with Crippen LogP contribution in [0.3, 0.4) is 0 Å². The molecule has 1 aromatic carbocycles. The number of nitrogens with zero attached hydrogens (tertiary/aromatic N) is 2. The second-order valence-corrected chi connectivity index (χ2v) is 13.0. The predicted octanol–water partition coefficient (Wildman–Crippen LogP) is 0.827. The minimum atomic E-state index is -3.61. The van der Waals surface area contributed by atoms with Gasteiger partial charge in [0.05, 0.1) is 17.1 Å². The average Bonchev–Trinajstić information content (AvgIpc) is 3.24. The number of pyridine rings is 1. The molecule has 3 heterocycles. The molecule has 0 radical (unpaired) electrons. The lowest BCUT2D eigenvalue weighted by atomic mass is 9.88. The van der Waals surface area contributed by atoms with Crippen LogP contribution in [0.25, 0.3) is 0 Å². The van der Waals surface area contributed by atoms with E-state index in [1.807, 2.05) is 0 Å². The topological polar surface area (TPSA) is 135 Å². The van der Waals surface area contributed by atoms with E-state index in [0.717, 1.165) is 12.7 Å². The van der Waals surface area contributed by atoms with Crippen LogP contribution < -0.4 is 10.1 Å². The molecule has 1 spiro atoms. The summed E-state index contributed by atoms with van der Waals surface area (Å²) in [7, 11) is -6.95. The molecule has 1 aromatic heterocycles. The van der Waals surface area contributed by atoms with Crippen molar-refractivity contribution < 1.29 is 31.4 Å². The van der Waals surface area contributed by atoms with Crippen molar-refractivity contribution in [2.75, 3.05) is 39.1 Å². The molecule has 2 atom stereocenters. The van der Waals surface area contributed by atoms with E-state index in [2.05, 4.69) is 10.3 Å². The quantitative estimate of drug-likeness (QED) is 0.488. The third-order valence-electron chi connectivity index (χ3n) is 6.40. The minimum absolute atomic E-state index is 0.0132. The van der Waals surface area contributed by atoms with Gasteiger partial charge in [0.1, 0.15) is 18.5 Å². The lowest BCUT2D eigenvalue weighted by molar-refractivity contribution is -0.0312. The Hall–Kier alpha value is -2.09. The molecule has 10 nitrogen and oxygen atoms in total. The number of benzene rings is 1. The van der Waals surface area contributed by atoms with Crippen molar-refractivity contribution in [3.8, 4) is 5.75 Å². The number of hydrogen-bond donors (Lipinski definition) is 2. The molecule has 0 bridgehead atoms. The van der Waals surface area contributed by atoms with Gasteiger partial charge >= 0.3 is 0 Å². The molecule has 2 fully saturated rings. The number of ether oxygens (including phenoxy) is 2. The molecule has 2 aliphatic heterocycles. The first-order valence-corrected chi connectivity index (χ1v) is 14.8. The number of sulfonamides is 1. The molecule has 2 aromatic rings. The highest BCUT2D eigenvalue weighted by atomic mass is 32.2. The summed E-state index contributed by atoms with van der Waals surface area (Å²) in [5, 5.41) is 13.7. The zero-order chi connectivity index (χ0) is 25.1. The lowest BCUT2D eigenvalue weighted by Crippen LogP contribution is -2.47. The van der Waals surface area contributed by atoms with Crippen molar-refractivity contribution in [3.63, 3.8) is 0 Å². The van der Waals surface area contributed by atoms with Gasteiger partial charge in [0, 0.05) is 38.1 Å². The first-order valence-electron chi connectivity index (χ1n) is 11.5. The summed E-state index contributed by atoms with van der Waals surface area (Å²) >= 11 is 0. The van der Waals surface area contributed by atoms with Crippen molar-refractivity contribution in [2.24, 2.45) is 0 Å². The summed E-state index contributed by atoms with van der Waals surface area (Å²) in [5.41, 5.74) is -0.374. The van der Waals surface area contributed by atoms with Gasteiger partial charge in [-0.25, -0.2) is 21.8 Å². The van der Waals surface area contributed by atoms with E-state index >= 15 is 0 Å². The standard InChI is InChI=1S/C23H31N3O7S2/c1-34(28,29)21-6-4-5-20(13-21)32-17-19(27)15-25-18-14-23(33-16-18)8-11-26(12-9-23)35(30,31)22-7-2-3-10-24-22/h2-7,10,13,18-19,25,27H,8-9,11-12,14-17H2,1H3/t18?,19-/m0/s1. The van der Waals surface area contributed by atoms with Crippen LogP contribution in [0.4, 0.5) is 0 Å². The second-order valence-electron chi connectivity index (χ2n) is 9.09. The second kappa shape index (κ2) is 10.5. The van der Waals surface area contributed by atoms with Crippen molar-refractivity contribution in [3.05, 3.63) is 48.7 Å². The van der Waals surface area contributed by atoms with Crippen LogP contribution in [-0.2, 0) is 24.6 Å². The first-order chi connectivity index (χ1) is 16.6. The lowest BCUT2D eigenvalue weighted by Gasteiger charge is -2.37. The van der Waals surface area contributed by atoms with Gasteiger partial charge < -0.3 is 19.9 Å². The largest absolute Gasteiger partial charge is 0.491 e. The van der Waals surface area contributed by atoms with Gasteiger partial charge in [0.15, 0.2) is 14.9 Å². The number of aromatic nitrogens is 1. The Morgan fingerprint density at radius 3 is 2.66 bits per heavy atom. The van der Waals surface area contributed by atoms with E-state index in [1.165, 1.54) is 28.7 Å². The molecule has 0 saturated carbocycles. The number of rotatable bonds is 9. The maximum absolute atomic E-state index is 12.8. The van der Waals surface area contributed by atoms with Crippen LogP contribution in [0.15, 0.2) is 58.6 Å². The Labute approximate surface area is 206 Å². The number of aliphatic hydroxyl groups is 1. The van der Waals surface area contributed by atoms with Gasteiger partial charge in [-0.15, -0.1) is 0 Å². The highest BCUT2D eigenvalue weighted by molar-refractivity contribution is 7.90. The van der Waals surface area contributed by atoms with Gasteiger partial charge in [0.2, 0.25) is 0 Å². The third kappa shape index (κ3) is 6.38. The Morgan fingerprint density at radius 2 is 1.97 bits per heavy atom. The number of aliphatic hydroxyl groups excluding tert-OH is 1. The molecule has 4 rings (SSSR count). The molecule has 192 valence electrons. The first kappa shape index (κ1) is 26.0. The Balaban J connectivity index is 1.22. The SMILES string of the molecule is CS(=O)(=O)c1cccc(OC[C@@H](O)CNC2COC3(CCN(S(=O)(=O)c4ccccn4)CC3)C2)c1. The summed E-state index contributed by atoms with van der Waals surface area (Å²) in [5.74, 6) is 0.377. The van der Waals surface area contributed by atoms with Crippen molar-refractivity contribution >= 4 is 19.9 Å². The van der Waals surface area contributed by atoms with Crippen LogP contribution in [0.5, 0.6) is 5.75 Å². The molecule has 0 amide bonds. The van der Waals surface area contributed by atoms with E-state index in [9.17, 15) is 21.9 Å². The fourth-order valence-corrected chi connectivity index (χ4v) is 6.47. The van der Waals surface area contributed by atoms with Gasteiger partial charge in [0.25, 0.3) is 10.0 Å². The maximum Gasteiger partial charge on any atom is 0.260 e. The van der Waals surface area contributed by atoms with Gasteiger partial charge in [-0.1, -0.05) is 12.1 Å². The molecule has 0 aliphatic carbocycles. The zero-order valence-corrected chi connectivity index (χ0v) is 21.2. The smallest absolute Gasteiger partial charge is 0.260 e. The monoisotopic (exact) mass is 525 g/mol. The van der Waals surface area contributed by atoms with Crippen LogP contribution in [-0.4, -0.2) is 88.1 Å². The van der Waals surface area contributed by atoms with E-state index in [1.54, 1.807) is 24.3 Å². The minimum Gasteiger partial charge on any atom is -0.491 e. The third-order valence-corrected chi connectivity index (χ3v) is 9.33. The van der Waals surface area contributed by atoms with E-state index in [-0.39, 0.29) is 34.7 Å². The normalized spacial score (nSPS) is 21.7. The molecular formula is C23H31N3O7S2. The van der Waals surface area contributed by atoms with Gasteiger partial charge in [-0.2, -0.15) is 4.31 Å². The molecule has 1 unspecified atom stereocenters. The molecule has 2 aliphatic rings. The van der Waals surface area contributed by atoms with E-state index < -0.39 is 26.0 Å². The van der Waals surface area contributed by atoms with Crippen molar-refractivity contribution in [2.45, 2.75) is 46.9 Å². The highest BCUT2D eigenvalue weighted by Crippen LogP contribution is 2.37. The Bertz CT molecular complexity index is 1210. The molecule has 2 N–H and O–H groups in total. The number of piperidine rings is 1. The Kier molecular flexibility index (Phi) is 7.79. The van der Waals surface area contributed by atoms with Crippen LogP contribution in [0.1, 0.15) is 19.3 Å². The summed E-state index contributed by atoms with van der Waals surface area (Å²) < 4.78 is 62.1. The van der Waals surface area contributed by atoms with E-state index in [4.69, 9.17) is 9.47 Å². The van der Waals surface area contributed by atoms with Crippen molar-refractivity contribution in [1.82, 2.24) is 14.6 Å². The maximum atomic E-state index is 12.8. The molecular weight excluding hydrogens is 494 g/mol. The Morgan fingerprint density at radius 1 is 1.20 bits per heavy atom. The summed E-state index contributed by atoms with van der Waals surface area (Å²) in [4.78, 5) is 4.15. The number of nitrogens with one attached hydrogen (secondary N) is 1. The van der Waals surface area contributed by atoms with Crippen LogP contribution >= 0.6 is 0 Å². The molecule has 35 heavy (non-hydrogen) atoms. The number of sulfone groups is 1. The fourth-order valence-electron chi connectivity index (χ4n) is 4.44. The summed E-state index contributed by atoms with van der Waals surface area (Å²) in [6.45, 7) is 1.52. The average molecular weight is 526 g/mol. The van der Waals surface area contributed by atoms with E-state index in [0.29, 0.717) is 38.3 Å². The predicted molar refractivity (Wildman–Crippen MR) is 128 cm³/mol. The molecule has 12 heteroatoms. The van der Waals surface area contributed by atoms with Crippen LogP contribution in [0, 0.1) is 0 Å². The van der Waals surface area contributed by atoms with Gasteiger partial charge in [-0.05, 0) is 49.6 Å². The van der Waals surface area contributed by atoms with Gasteiger partial charge in [-0.3, -0.25) is 0 Å². The summed E-state index contributed by atoms with van der Waals surface area (Å²) in [6, 6.07) is 11.1. The molecule has 2 saturated heterocycles. The van der Waals surface area contributed by atoms with Crippen LogP contribution in [0.2, 0.25) is 0 Å².